The first kappa shape index (κ1) is 7.49. The van der Waals surface area contributed by atoms with Crippen molar-refractivity contribution in [3.63, 3.8) is 0 Å². The summed E-state index contributed by atoms with van der Waals surface area (Å²) in [6, 6.07) is 0. The lowest BCUT2D eigenvalue weighted by Gasteiger charge is -2.19. The summed E-state index contributed by atoms with van der Waals surface area (Å²) < 4.78 is 4.40. The molecule has 12 heavy (non-hydrogen) atoms. The van der Waals surface area contributed by atoms with Crippen LogP contribution in [0.3, 0.4) is 0 Å². The van der Waals surface area contributed by atoms with Crippen LogP contribution in [0.2, 0.25) is 0 Å². The van der Waals surface area contributed by atoms with E-state index < -0.39 is 29.9 Å². The third-order valence-electron chi connectivity index (χ3n) is 2.30. The minimum atomic E-state index is -0.859. The molecular weight excluding hydrogens is 160 g/mol. The number of aliphatic hydroxyl groups is 1. The van der Waals surface area contributed by atoms with Crippen LogP contribution < -0.4 is 0 Å². The van der Waals surface area contributed by atoms with Gasteiger partial charge < -0.3 is 9.84 Å². The van der Waals surface area contributed by atoms with Gasteiger partial charge in [0, 0.05) is 0 Å². The largest absolute Gasteiger partial charge is 0.393 e. The second-order valence-electron chi connectivity index (χ2n) is 3.03. The maximum Gasteiger partial charge on any atom is 0.320 e. The highest BCUT2D eigenvalue weighted by atomic mass is 16.6. The van der Waals surface area contributed by atoms with Crippen LogP contribution >= 0.6 is 0 Å². The van der Waals surface area contributed by atoms with Gasteiger partial charge >= 0.3 is 11.9 Å². The molecule has 1 N–H and O–H groups in total. The molecule has 0 amide bonds. The van der Waals surface area contributed by atoms with Crippen molar-refractivity contribution in [1.29, 1.82) is 0 Å². The Morgan fingerprint density at radius 2 is 2.17 bits per heavy atom. The first-order valence-electron chi connectivity index (χ1n) is 3.80. The molecule has 1 fully saturated rings. The molecule has 0 saturated carbocycles. The zero-order valence-electron chi connectivity index (χ0n) is 6.27. The number of rotatable bonds is 0. The number of ether oxygens (including phenoxy) is 1. The van der Waals surface area contributed by atoms with E-state index in [4.69, 9.17) is 0 Å². The fraction of sp³-hybridized carbons (Fsp3) is 0.500. The summed E-state index contributed by atoms with van der Waals surface area (Å²) in [6.07, 6.45) is 2.86. The molecule has 0 aromatic heterocycles. The van der Waals surface area contributed by atoms with Crippen LogP contribution in [0.1, 0.15) is 6.42 Å². The topological polar surface area (TPSA) is 63.6 Å². The van der Waals surface area contributed by atoms with Crippen LogP contribution in [-0.4, -0.2) is 23.1 Å². The molecule has 1 saturated heterocycles. The van der Waals surface area contributed by atoms with Crippen molar-refractivity contribution in [2.45, 2.75) is 12.5 Å². The number of carbonyl (C=O) groups is 2. The predicted octanol–water partition coefficient (Wildman–Crippen LogP) is -0.377. The lowest BCUT2D eigenvalue weighted by Crippen LogP contribution is -2.31. The number of cyclic esters (lactones) is 2. The molecule has 1 aliphatic heterocycles. The molecule has 0 aromatic carbocycles. The van der Waals surface area contributed by atoms with Gasteiger partial charge in [0.25, 0.3) is 0 Å². The van der Waals surface area contributed by atoms with Crippen molar-refractivity contribution in [3.05, 3.63) is 12.2 Å². The van der Waals surface area contributed by atoms with Gasteiger partial charge in [0.15, 0.2) is 0 Å². The third kappa shape index (κ3) is 0.881. The zero-order chi connectivity index (χ0) is 8.72. The van der Waals surface area contributed by atoms with E-state index in [-0.39, 0.29) is 0 Å². The Bertz CT molecular complexity index is 268. The monoisotopic (exact) mass is 168 g/mol. The third-order valence-corrected chi connectivity index (χ3v) is 2.30. The minimum absolute atomic E-state index is 0.461. The van der Waals surface area contributed by atoms with Gasteiger partial charge in [-0.2, -0.15) is 0 Å². The number of hydrogen-bond acceptors (Lipinski definition) is 4. The highest BCUT2D eigenvalue weighted by molar-refractivity contribution is 5.97. The molecule has 3 atom stereocenters. The van der Waals surface area contributed by atoms with Gasteiger partial charge in [0.05, 0.1) is 12.0 Å². The Morgan fingerprint density at radius 1 is 1.42 bits per heavy atom. The van der Waals surface area contributed by atoms with Crippen LogP contribution in [-0.2, 0) is 14.3 Å². The van der Waals surface area contributed by atoms with E-state index in [1.165, 1.54) is 6.08 Å². The van der Waals surface area contributed by atoms with Crippen molar-refractivity contribution in [1.82, 2.24) is 0 Å². The molecule has 0 radical (unpaired) electrons. The summed E-state index contributed by atoms with van der Waals surface area (Å²) in [5.74, 6) is -2.23. The number of hydrogen-bond donors (Lipinski definition) is 1. The molecule has 1 aliphatic carbocycles. The van der Waals surface area contributed by atoms with Gasteiger partial charge in [-0.1, -0.05) is 12.2 Å². The molecule has 0 spiro atoms. The quantitative estimate of drug-likeness (QED) is 0.304. The van der Waals surface area contributed by atoms with Crippen molar-refractivity contribution in [2.75, 3.05) is 0 Å². The summed E-state index contributed by atoms with van der Waals surface area (Å²) in [7, 11) is 0. The summed E-state index contributed by atoms with van der Waals surface area (Å²) in [5.41, 5.74) is 0. The molecule has 1 heterocycles. The van der Waals surface area contributed by atoms with Crippen LogP contribution in [0.25, 0.3) is 0 Å². The second-order valence-corrected chi connectivity index (χ2v) is 3.03. The van der Waals surface area contributed by atoms with E-state index >= 15 is 0 Å². The van der Waals surface area contributed by atoms with Gasteiger partial charge in [-0.05, 0) is 6.42 Å². The van der Waals surface area contributed by atoms with E-state index in [9.17, 15) is 14.7 Å². The van der Waals surface area contributed by atoms with Crippen molar-refractivity contribution >= 4 is 11.9 Å². The highest BCUT2D eigenvalue weighted by Gasteiger charge is 2.48. The minimum Gasteiger partial charge on any atom is -0.393 e. The maximum atomic E-state index is 11.0. The van der Waals surface area contributed by atoms with Crippen LogP contribution in [0, 0.1) is 11.8 Å². The van der Waals surface area contributed by atoms with E-state index in [0.29, 0.717) is 6.42 Å². The average Bonchev–Trinajstić information content (AvgIpc) is 2.29. The maximum absolute atomic E-state index is 11.0. The lowest BCUT2D eigenvalue weighted by atomic mass is 9.83. The molecule has 2 rings (SSSR count). The van der Waals surface area contributed by atoms with E-state index in [1.807, 2.05) is 0 Å². The first-order chi connectivity index (χ1) is 5.70. The molecular formula is C8H8O4. The van der Waals surface area contributed by atoms with E-state index in [0.717, 1.165) is 0 Å². The number of fused-ring (bicyclic) bond motifs is 1. The molecule has 0 bridgehead atoms. The van der Waals surface area contributed by atoms with E-state index in [1.54, 1.807) is 6.08 Å². The molecule has 4 nitrogen and oxygen atoms in total. The van der Waals surface area contributed by atoms with Crippen LogP contribution in [0.5, 0.6) is 0 Å². The van der Waals surface area contributed by atoms with Gasteiger partial charge in [0.2, 0.25) is 0 Å². The highest BCUT2D eigenvalue weighted by Crippen LogP contribution is 2.33. The van der Waals surface area contributed by atoms with Crippen LogP contribution in [0.4, 0.5) is 0 Å². The van der Waals surface area contributed by atoms with Crippen LogP contribution in [0.15, 0.2) is 12.2 Å². The molecule has 2 aliphatic rings. The Labute approximate surface area is 68.8 Å². The summed E-state index contributed by atoms with van der Waals surface area (Å²) in [4.78, 5) is 22.0. The van der Waals surface area contributed by atoms with Gasteiger partial charge in [-0.3, -0.25) is 9.59 Å². The fourth-order valence-electron chi connectivity index (χ4n) is 1.66. The molecule has 0 aromatic rings. The SMILES string of the molecule is O=C1OC(=O)[C@H]2CC=C[C@@H](O)[C@@H]12. The van der Waals surface area contributed by atoms with Gasteiger partial charge in [0.1, 0.15) is 5.92 Å². The number of esters is 2. The standard InChI is InChI=1S/C8H8O4/c9-5-3-1-2-4-6(5)8(11)12-7(4)10/h1,3-6,9H,2H2/t4-,5+,6-/m0/s1. The number of aliphatic hydroxyl groups excluding tert-OH is 1. The Morgan fingerprint density at radius 3 is 2.83 bits per heavy atom. The average molecular weight is 168 g/mol. The van der Waals surface area contributed by atoms with Crippen molar-refractivity contribution in [3.8, 4) is 0 Å². The summed E-state index contributed by atoms with van der Waals surface area (Å²) >= 11 is 0. The lowest BCUT2D eigenvalue weighted by molar-refractivity contribution is -0.154. The molecule has 64 valence electrons. The molecule has 0 unspecified atom stereocenters. The number of allylic oxidation sites excluding steroid dienone is 1. The van der Waals surface area contributed by atoms with Gasteiger partial charge in [-0.25, -0.2) is 0 Å². The number of carbonyl (C=O) groups excluding carboxylic acids is 2. The summed E-state index contributed by atoms with van der Waals surface area (Å²) in [5, 5.41) is 9.33. The zero-order valence-corrected chi connectivity index (χ0v) is 6.27. The first-order valence-corrected chi connectivity index (χ1v) is 3.80. The Kier molecular flexibility index (Phi) is 1.51. The predicted molar refractivity (Wildman–Crippen MR) is 37.8 cm³/mol. The second kappa shape index (κ2) is 2.42. The Balaban J connectivity index is 2.32. The van der Waals surface area contributed by atoms with Crippen molar-refractivity contribution < 1.29 is 19.4 Å². The smallest absolute Gasteiger partial charge is 0.320 e. The molecule has 4 heteroatoms. The van der Waals surface area contributed by atoms with Gasteiger partial charge in [-0.15, -0.1) is 0 Å². The summed E-state index contributed by atoms with van der Waals surface area (Å²) in [6.45, 7) is 0. The Hall–Kier alpha value is -1.16. The normalized spacial score (nSPS) is 39.6. The van der Waals surface area contributed by atoms with E-state index in [2.05, 4.69) is 4.74 Å². The fourth-order valence-corrected chi connectivity index (χ4v) is 1.66. The van der Waals surface area contributed by atoms with Crippen molar-refractivity contribution in [2.24, 2.45) is 11.8 Å².